The van der Waals surface area contributed by atoms with Crippen molar-refractivity contribution in [2.45, 2.75) is 37.3 Å². The Morgan fingerprint density at radius 1 is 0.455 bits per heavy atom. The average Bonchev–Trinajstić information content (AvgIpc) is 2.95. The van der Waals surface area contributed by atoms with E-state index in [9.17, 15) is 61.3 Å². The van der Waals surface area contributed by atoms with Crippen LogP contribution in [0.5, 0.6) is 69.0 Å². The Morgan fingerprint density at radius 3 is 1.18 bits per heavy atom. The number of phenolic OH excluding ortho intramolecular Hbond substituents is 10. The van der Waals surface area contributed by atoms with Crippen molar-refractivity contribution in [3.63, 3.8) is 0 Å². The lowest BCUT2D eigenvalue weighted by atomic mass is 9.83. The number of aliphatic hydroxyl groups excluding tert-OH is 2. The molecule has 14 heteroatoms. The molecule has 12 N–H and O–H groups in total. The van der Waals surface area contributed by atoms with Crippen molar-refractivity contribution in [1.29, 1.82) is 0 Å². The number of fused-ring (bicyclic) bond motifs is 2. The Kier molecular flexibility index (Phi) is 6.48. The van der Waals surface area contributed by atoms with Gasteiger partial charge in [-0.2, -0.15) is 0 Å². The third-order valence-electron chi connectivity index (χ3n) is 7.81. The van der Waals surface area contributed by atoms with Crippen LogP contribution in [0.1, 0.15) is 34.5 Å². The number of benzene rings is 4. The van der Waals surface area contributed by atoms with E-state index in [1.807, 2.05) is 0 Å². The first kappa shape index (κ1) is 28.5. The first-order valence-electron chi connectivity index (χ1n) is 13.1. The Bertz CT molecular complexity index is 1700. The second-order valence-electron chi connectivity index (χ2n) is 10.6. The number of phenols is 10. The summed E-state index contributed by atoms with van der Waals surface area (Å²) in [6.45, 7) is 0. The van der Waals surface area contributed by atoms with Gasteiger partial charge in [-0.1, -0.05) is 0 Å². The summed E-state index contributed by atoms with van der Waals surface area (Å²) in [6.07, 6.45) is -6.50. The predicted molar refractivity (Wildman–Crippen MR) is 148 cm³/mol. The number of aliphatic hydroxyl groups is 2. The molecular formula is C30H26O14. The van der Waals surface area contributed by atoms with Gasteiger partial charge in [-0.15, -0.1) is 0 Å². The van der Waals surface area contributed by atoms with Crippen LogP contribution in [0.2, 0.25) is 0 Å². The lowest BCUT2D eigenvalue weighted by molar-refractivity contribution is 0.0188. The third kappa shape index (κ3) is 4.35. The number of hydrogen-bond donors (Lipinski definition) is 12. The van der Waals surface area contributed by atoms with Crippen LogP contribution in [0.3, 0.4) is 0 Å². The smallest absolute Gasteiger partial charge is 0.200 e. The minimum absolute atomic E-state index is 0.0731. The van der Waals surface area contributed by atoms with Gasteiger partial charge in [0, 0.05) is 70.5 Å². The first-order chi connectivity index (χ1) is 20.8. The standard InChI is InChI=1S/C30H26O14/c31-9-1-15(33)11-5-19(37)29(43-21(11)3-9)13-7-17(35)25(39)27(41)23(13)24-14(8-18(36)26(40)28(24)42)30-20(38)6-12-16(34)2-10(32)4-22(12)44-30/h1-4,7-8,19-20,29-42H,5-6H2/t19-,20-,29-,30+/m1/s1. The van der Waals surface area contributed by atoms with Crippen molar-refractivity contribution in [1.82, 2.24) is 0 Å². The molecule has 0 unspecified atom stereocenters. The van der Waals surface area contributed by atoms with Crippen LogP contribution in [-0.4, -0.2) is 73.5 Å². The van der Waals surface area contributed by atoms with E-state index in [2.05, 4.69) is 0 Å². The second-order valence-corrected chi connectivity index (χ2v) is 10.6. The number of aromatic hydroxyl groups is 10. The van der Waals surface area contributed by atoms with Gasteiger partial charge >= 0.3 is 0 Å². The molecule has 0 bridgehead atoms. The molecular weight excluding hydrogens is 584 g/mol. The van der Waals surface area contributed by atoms with Gasteiger partial charge in [0.05, 0.1) is 12.2 Å². The predicted octanol–water partition coefficient (Wildman–Crippen LogP) is 2.48. The minimum atomic E-state index is -1.51. The molecule has 2 aliphatic rings. The zero-order valence-corrected chi connectivity index (χ0v) is 22.4. The zero-order chi connectivity index (χ0) is 31.8. The summed E-state index contributed by atoms with van der Waals surface area (Å²) in [5.74, 6) is -7.69. The highest BCUT2D eigenvalue weighted by Crippen LogP contribution is 2.57. The van der Waals surface area contributed by atoms with Crippen molar-refractivity contribution in [2.75, 3.05) is 0 Å². The molecule has 14 nitrogen and oxygen atoms in total. The van der Waals surface area contributed by atoms with Crippen LogP contribution in [0.4, 0.5) is 0 Å². The summed E-state index contributed by atoms with van der Waals surface area (Å²) in [4.78, 5) is 0. The molecule has 0 aliphatic carbocycles. The molecule has 0 spiro atoms. The molecule has 2 aliphatic heterocycles. The fourth-order valence-electron chi connectivity index (χ4n) is 5.76. The van der Waals surface area contributed by atoms with Crippen LogP contribution in [-0.2, 0) is 12.8 Å². The normalized spacial score (nSPS) is 20.7. The molecule has 0 fully saturated rings. The van der Waals surface area contributed by atoms with E-state index in [1.54, 1.807) is 0 Å². The molecule has 2 heterocycles. The van der Waals surface area contributed by atoms with E-state index in [1.165, 1.54) is 0 Å². The fraction of sp³-hybridized carbons (Fsp3) is 0.200. The highest BCUT2D eigenvalue weighted by atomic mass is 16.5. The van der Waals surface area contributed by atoms with Crippen molar-refractivity contribution in [3.8, 4) is 80.1 Å². The highest BCUT2D eigenvalue weighted by Gasteiger charge is 2.40. The molecule has 4 aromatic rings. The molecule has 0 radical (unpaired) electrons. The zero-order valence-electron chi connectivity index (χ0n) is 22.4. The van der Waals surface area contributed by atoms with Gasteiger partial charge in [-0.05, 0) is 12.1 Å². The summed E-state index contributed by atoms with van der Waals surface area (Å²) in [5, 5.41) is 127. The quantitative estimate of drug-likeness (QED) is 0.149. The van der Waals surface area contributed by atoms with Crippen molar-refractivity contribution in [3.05, 3.63) is 58.7 Å². The molecule has 0 saturated heterocycles. The van der Waals surface area contributed by atoms with Gasteiger partial charge in [0.25, 0.3) is 0 Å². The van der Waals surface area contributed by atoms with E-state index in [4.69, 9.17) is 9.47 Å². The molecule has 0 aromatic heterocycles. The Hall–Kier alpha value is -5.60. The SMILES string of the molecule is Oc1cc(O)c2c(c1)O[C@H](c1cc(O)c(O)c(O)c1-c1c([C@@H]3Oc4cc(O)cc(O)c4C[C@H]3O)cc(O)c(O)c1O)[C@H](O)C2. The van der Waals surface area contributed by atoms with Crippen molar-refractivity contribution in [2.24, 2.45) is 0 Å². The van der Waals surface area contributed by atoms with Crippen LogP contribution in [0, 0.1) is 0 Å². The van der Waals surface area contributed by atoms with Gasteiger partial charge in [0.15, 0.2) is 35.2 Å². The van der Waals surface area contributed by atoms with Gasteiger partial charge in [-0.25, -0.2) is 0 Å². The second kappa shape index (κ2) is 10.00. The maximum atomic E-state index is 11.2. The van der Waals surface area contributed by atoms with Crippen molar-refractivity contribution < 1.29 is 70.8 Å². The van der Waals surface area contributed by atoms with E-state index >= 15 is 0 Å². The average molecular weight is 611 g/mol. The number of hydrogen-bond acceptors (Lipinski definition) is 14. The van der Waals surface area contributed by atoms with E-state index < -0.39 is 70.0 Å². The first-order valence-corrected chi connectivity index (χ1v) is 13.1. The Balaban J connectivity index is 1.59. The van der Waals surface area contributed by atoms with Crippen LogP contribution < -0.4 is 9.47 Å². The summed E-state index contributed by atoms with van der Waals surface area (Å²) < 4.78 is 11.7. The van der Waals surface area contributed by atoms with Crippen LogP contribution in [0.15, 0.2) is 36.4 Å². The molecule has 0 amide bonds. The Morgan fingerprint density at radius 2 is 0.818 bits per heavy atom. The lowest BCUT2D eigenvalue weighted by Crippen LogP contribution is -2.32. The van der Waals surface area contributed by atoms with Gasteiger partial charge in [-0.3, -0.25) is 0 Å². The topological polar surface area (TPSA) is 261 Å². The number of rotatable bonds is 3. The van der Waals surface area contributed by atoms with E-state index in [-0.39, 0.29) is 69.6 Å². The molecule has 4 atom stereocenters. The monoisotopic (exact) mass is 610 g/mol. The summed E-state index contributed by atoms with van der Waals surface area (Å²) in [5.41, 5.74) is -1.34. The summed E-state index contributed by atoms with van der Waals surface area (Å²) in [7, 11) is 0. The highest BCUT2D eigenvalue weighted by molar-refractivity contribution is 5.88. The number of ether oxygens (including phenoxy) is 2. The fourth-order valence-corrected chi connectivity index (χ4v) is 5.76. The molecule has 4 aromatic carbocycles. The molecule has 44 heavy (non-hydrogen) atoms. The van der Waals surface area contributed by atoms with E-state index in [0.717, 1.165) is 36.4 Å². The molecule has 0 saturated carbocycles. The molecule has 230 valence electrons. The maximum absolute atomic E-state index is 11.2. The minimum Gasteiger partial charge on any atom is -0.508 e. The lowest BCUT2D eigenvalue weighted by Gasteiger charge is -2.35. The molecule has 6 rings (SSSR count). The van der Waals surface area contributed by atoms with E-state index in [0.29, 0.717) is 0 Å². The third-order valence-corrected chi connectivity index (χ3v) is 7.81. The van der Waals surface area contributed by atoms with Gasteiger partial charge < -0.3 is 70.8 Å². The largest absolute Gasteiger partial charge is 0.508 e. The van der Waals surface area contributed by atoms with Crippen LogP contribution >= 0.6 is 0 Å². The van der Waals surface area contributed by atoms with Crippen LogP contribution in [0.25, 0.3) is 11.1 Å². The van der Waals surface area contributed by atoms with Gasteiger partial charge in [0.2, 0.25) is 11.5 Å². The summed E-state index contributed by atoms with van der Waals surface area (Å²) in [6, 6.07) is 6.19. The van der Waals surface area contributed by atoms with Crippen molar-refractivity contribution >= 4 is 0 Å². The maximum Gasteiger partial charge on any atom is 0.200 e. The summed E-state index contributed by atoms with van der Waals surface area (Å²) >= 11 is 0. The Labute approximate surface area is 247 Å². The van der Waals surface area contributed by atoms with Gasteiger partial charge in [0.1, 0.15) is 34.5 Å².